The molecule has 19 heavy (non-hydrogen) atoms. The Labute approximate surface area is 112 Å². The van der Waals surface area contributed by atoms with Crippen LogP contribution in [0.1, 0.15) is 11.1 Å². The third-order valence-electron chi connectivity index (χ3n) is 2.68. The Morgan fingerprint density at radius 3 is 2.74 bits per heavy atom. The summed E-state index contributed by atoms with van der Waals surface area (Å²) in [6.07, 6.45) is 4.62. The van der Waals surface area contributed by atoms with Crippen molar-refractivity contribution in [3.05, 3.63) is 54.2 Å². The van der Waals surface area contributed by atoms with Crippen molar-refractivity contribution in [2.75, 3.05) is 12.4 Å². The minimum atomic E-state index is 0.408. The van der Waals surface area contributed by atoms with Crippen LogP contribution in [0.25, 0.3) is 0 Å². The van der Waals surface area contributed by atoms with Crippen LogP contribution in [-0.4, -0.2) is 22.1 Å². The molecule has 0 saturated carbocycles. The number of methoxy groups -OCH3 is 1. The lowest BCUT2D eigenvalue weighted by Gasteiger charge is -2.03. The highest BCUT2D eigenvalue weighted by Gasteiger charge is 2.00. The summed E-state index contributed by atoms with van der Waals surface area (Å²) < 4.78 is 6.60. The molecule has 1 heterocycles. The van der Waals surface area contributed by atoms with Crippen molar-refractivity contribution in [2.24, 2.45) is 0 Å². The number of hydrogen-bond acceptors (Lipinski definition) is 4. The van der Waals surface area contributed by atoms with Gasteiger partial charge in [0, 0.05) is 13.7 Å². The van der Waals surface area contributed by atoms with Crippen molar-refractivity contribution in [1.82, 2.24) is 15.0 Å². The molecule has 5 heteroatoms. The summed E-state index contributed by atoms with van der Waals surface area (Å²) in [4.78, 5) is 0. The number of ether oxygens (including phenoxy) is 1. The van der Waals surface area contributed by atoms with E-state index in [0.717, 1.165) is 18.8 Å². The smallest absolute Gasteiger partial charge is 0.168 e. The van der Waals surface area contributed by atoms with Gasteiger partial charge in [0.1, 0.15) is 6.73 Å². The first kappa shape index (κ1) is 13.3. The summed E-state index contributed by atoms with van der Waals surface area (Å²) in [5, 5.41) is 11.2. The Morgan fingerprint density at radius 2 is 2.05 bits per heavy atom. The van der Waals surface area contributed by atoms with Crippen molar-refractivity contribution < 1.29 is 4.74 Å². The van der Waals surface area contributed by atoms with Crippen molar-refractivity contribution in [2.45, 2.75) is 19.7 Å². The summed E-state index contributed by atoms with van der Waals surface area (Å²) in [5.74, 6) is 0.743. The van der Waals surface area contributed by atoms with Crippen LogP contribution >= 0.6 is 0 Å². The molecule has 0 aliphatic rings. The Balaban J connectivity index is 1.88. The summed E-state index contributed by atoms with van der Waals surface area (Å²) in [7, 11) is 1.62. The second-order valence-corrected chi connectivity index (χ2v) is 4.22. The number of hydrogen-bond donors (Lipinski definition) is 1. The monoisotopic (exact) mass is 258 g/mol. The average molecular weight is 258 g/mol. The molecule has 0 aliphatic heterocycles. The number of nitrogens with zero attached hydrogens (tertiary/aromatic N) is 3. The minimum absolute atomic E-state index is 0.408. The molecule has 0 bridgehead atoms. The standard InChI is InChI=1S/C14H18N4O/c1-3-4-12-5-7-13(8-6-12)9-15-14-10-18(11-19-2)17-16-14/h3,5-8,10,15H,1,4,9,11H2,2H3. The van der Waals surface area contributed by atoms with Gasteiger partial charge in [-0.05, 0) is 17.5 Å². The zero-order valence-electron chi connectivity index (χ0n) is 11.0. The number of aromatic nitrogens is 3. The topological polar surface area (TPSA) is 52.0 Å². The van der Waals surface area contributed by atoms with Crippen LogP contribution in [0.5, 0.6) is 0 Å². The van der Waals surface area contributed by atoms with Gasteiger partial charge in [-0.25, -0.2) is 4.68 Å². The van der Waals surface area contributed by atoms with Gasteiger partial charge in [0.2, 0.25) is 0 Å². The summed E-state index contributed by atoms with van der Waals surface area (Å²) in [6.45, 7) is 4.86. The van der Waals surface area contributed by atoms with E-state index in [4.69, 9.17) is 4.74 Å². The fourth-order valence-electron chi connectivity index (χ4n) is 1.73. The van der Waals surface area contributed by atoms with E-state index in [1.54, 1.807) is 11.8 Å². The van der Waals surface area contributed by atoms with Crippen LogP contribution in [0.3, 0.4) is 0 Å². The van der Waals surface area contributed by atoms with Gasteiger partial charge in [0.15, 0.2) is 5.82 Å². The van der Waals surface area contributed by atoms with Gasteiger partial charge >= 0.3 is 0 Å². The van der Waals surface area contributed by atoms with E-state index < -0.39 is 0 Å². The van der Waals surface area contributed by atoms with E-state index in [1.165, 1.54) is 11.1 Å². The Bertz CT molecular complexity index is 518. The average Bonchev–Trinajstić information content (AvgIpc) is 2.87. The lowest BCUT2D eigenvalue weighted by Crippen LogP contribution is -2.00. The number of anilines is 1. The fraction of sp³-hybridized carbons (Fsp3) is 0.286. The first-order valence-corrected chi connectivity index (χ1v) is 6.13. The highest BCUT2D eigenvalue weighted by molar-refractivity contribution is 5.32. The minimum Gasteiger partial charge on any atom is -0.363 e. The normalized spacial score (nSPS) is 10.4. The number of nitrogens with one attached hydrogen (secondary N) is 1. The van der Waals surface area contributed by atoms with Crippen LogP contribution in [0.4, 0.5) is 5.82 Å². The molecule has 0 amide bonds. The third kappa shape index (κ3) is 3.93. The molecule has 1 N–H and O–H groups in total. The zero-order chi connectivity index (χ0) is 13.5. The Kier molecular flexibility index (Phi) is 4.69. The van der Waals surface area contributed by atoms with Gasteiger partial charge in [-0.15, -0.1) is 11.7 Å². The number of allylic oxidation sites excluding steroid dienone is 1. The molecule has 0 radical (unpaired) electrons. The molecule has 1 aromatic carbocycles. The maximum absolute atomic E-state index is 4.96. The van der Waals surface area contributed by atoms with Crippen LogP contribution in [-0.2, 0) is 24.4 Å². The van der Waals surface area contributed by atoms with Crippen LogP contribution < -0.4 is 5.32 Å². The van der Waals surface area contributed by atoms with Crippen molar-refractivity contribution in [3.8, 4) is 0 Å². The van der Waals surface area contributed by atoms with E-state index >= 15 is 0 Å². The molecule has 5 nitrogen and oxygen atoms in total. The Morgan fingerprint density at radius 1 is 1.32 bits per heavy atom. The van der Waals surface area contributed by atoms with E-state index in [0.29, 0.717) is 6.73 Å². The molecule has 2 aromatic rings. The highest BCUT2D eigenvalue weighted by Crippen LogP contribution is 2.08. The predicted molar refractivity (Wildman–Crippen MR) is 74.7 cm³/mol. The van der Waals surface area contributed by atoms with Gasteiger partial charge in [-0.2, -0.15) is 0 Å². The number of benzene rings is 1. The predicted octanol–water partition coefficient (Wildman–Crippen LogP) is 2.22. The molecule has 0 unspecified atom stereocenters. The van der Waals surface area contributed by atoms with Gasteiger partial charge in [-0.3, -0.25) is 0 Å². The van der Waals surface area contributed by atoms with E-state index in [1.807, 2.05) is 12.3 Å². The third-order valence-corrected chi connectivity index (χ3v) is 2.68. The summed E-state index contributed by atoms with van der Waals surface area (Å²) in [6, 6.07) is 8.43. The second kappa shape index (κ2) is 6.70. The summed E-state index contributed by atoms with van der Waals surface area (Å²) >= 11 is 0. The quantitative estimate of drug-likeness (QED) is 0.774. The van der Waals surface area contributed by atoms with Crippen molar-refractivity contribution in [3.63, 3.8) is 0 Å². The first-order chi connectivity index (χ1) is 9.31. The van der Waals surface area contributed by atoms with Crippen molar-refractivity contribution in [1.29, 1.82) is 0 Å². The second-order valence-electron chi connectivity index (χ2n) is 4.22. The van der Waals surface area contributed by atoms with Crippen LogP contribution in [0.15, 0.2) is 43.1 Å². The van der Waals surface area contributed by atoms with E-state index in [9.17, 15) is 0 Å². The maximum Gasteiger partial charge on any atom is 0.168 e. The van der Waals surface area contributed by atoms with Crippen LogP contribution in [0, 0.1) is 0 Å². The molecule has 0 atom stereocenters. The highest BCUT2D eigenvalue weighted by atomic mass is 16.5. The number of rotatable bonds is 7. The SMILES string of the molecule is C=CCc1ccc(CNc2cn(COC)nn2)cc1. The summed E-state index contributed by atoms with van der Waals surface area (Å²) in [5.41, 5.74) is 2.47. The molecule has 0 aliphatic carbocycles. The molecule has 0 saturated heterocycles. The molecule has 2 rings (SSSR count). The molecular formula is C14H18N4O. The van der Waals surface area contributed by atoms with Crippen LogP contribution in [0.2, 0.25) is 0 Å². The van der Waals surface area contributed by atoms with Gasteiger partial charge in [-0.1, -0.05) is 35.6 Å². The van der Waals surface area contributed by atoms with Gasteiger partial charge in [0.25, 0.3) is 0 Å². The largest absolute Gasteiger partial charge is 0.363 e. The lowest BCUT2D eigenvalue weighted by atomic mass is 10.1. The molecule has 100 valence electrons. The lowest BCUT2D eigenvalue weighted by molar-refractivity contribution is 0.119. The van der Waals surface area contributed by atoms with E-state index in [-0.39, 0.29) is 0 Å². The van der Waals surface area contributed by atoms with Gasteiger partial charge < -0.3 is 10.1 Å². The molecule has 1 aromatic heterocycles. The molecule has 0 fully saturated rings. The van der Waals surface area contributed by atoms with Gasteiger partial charge in [0.05, 0.1) is 6.20 Å². The zero-order valence-corrected chi connectivity index (χ0v) is 11.0. The molecular weight excluding hydrogens is 240 g/mol. The molecule has 0 spiro atoms. The first-order valence-electron chi connectivity index (χ1n) is 6.13. The van der Waals surface area contributed by atoms with E-state index in [2.05, 4.69) is 46.5 Å². The van der Waals surface area contributed by atoms with Crippen molar-refractivity contribution >= 4 is 5.82 Å². The fourth-order valence-corrected chi connectivity index (χ4v) is 1.73. The maximum atomic E-state index is 4.96. The Hall–Kier alpha value is -2.14.